The number of rotatable bonds is 5. The van der Waals surface area contributed by atoms with E-state index in [1.165, 1.54) is 14.2 Å². The fraction of sp³-hybridized carbons (Fsp3) is 0.125. The number of thiophene rings is 1. The topological polar surface area (TPSA) is 73.6 Å². The lowest BCUT2D eigenvalue weighted by atomic mass is 10.2. The number of amides is 1. The van der Waals surface area contributed by atoms with Crippen LogP contribution >= 0.6 is 11.3 Å². The van der Waals surface area contributed by atoms with Gasteiger partial charge in [-0.05, 0) is 23.6 Å². The fourth-order valence-electron chi connectivity index (χ4n) is 2.00. The molecule has 0 unspecified atom stereocenters. The average molecular weight is 330 g/mol. The van der Waals surface area contributed by atoms with Crippen LogP contribution in [-0.4, -0.2) is 25.3 Å². The SMILES string of the molecule is COc1cc(OC)cc(C(=O)Nc2cc(-c3ccsc3)no2)c1. The summed E-state index contributed by atoms with van der Waals surface area (Å²) in [5, 5.41) is 10.5. The van der Waals surface area contributed by atoms with Crippen molar-refractivity contribution in [3.8, 4) is 22.8 Å². The summed E-state index contributed by atoms with van der Waals surface area (Å²) in [7, 11) is 3.06. The molecular weight excluding hydrogens is 316 g/mol. The maximum atomic E-state index is 12.3. The fourth-order valence-corrected chi connectivity index (χ4v) is 2.65. The van der Waals surface area contributed by atoms with E-state index in [1.54, 1.807) is 35.6 Å². The van der Waals surface area contributed by atoms with E-state index in [0.717, 1.165) is 5.56 Å². The Hall–Kier alpha value is -2.80. The second-order valence-electron chi connectivity index (χ2n) is 4.64. The van der Waals surface area contributed by atoms with Gasteiger partial charge in [-0.2, -0.15) is 11.3 Å². The first kappa shape index (κ1) is 15.1. The van der Waals surface area contributed by atoms with Crippen LogP contribution in [-0.2, 0) is 0 Å². The molecule has 0 fully saturated rings. The van der Waals surface area contributed by atoms with Crippen molar-refractivity contribution in [3.05, 3.63) is 46.7 Å². The minimum absolute atomic E-state index is 0.276. The number of benzene rings is 1. The Morgan fingerprint density at radius 2 is 1.91 bits per heavy atom. The van der Waals surface area contributed by atoms with Gasteiger partial charge in [-0.25, -0.2) is 0 Å². The van der Waals surface area contributed by atoms with Crippen molar-refractivity contribution in [2.45, 2.75) is 0 Å². The van der Waals surface area contributed by atoms with E-state index in [4.69, 9.17) is 14.0 Å². The minimum atomic E-state index is -0.338. The van der Waals surface area contributed by atoms with E-state index in [9.17, 15) is 4.79 Å². The third-order valence-electron chi connectivity index (χ3n) is 3.18. The molecule has 0 saturated carbocycles. The van der Waals surface area contributed by atoms with Crippen molar-refractivity contribution >= 4 is 23.1 Å². The normalized spacial score (nSPS) is 10.3. The van der Waals surface area contributed by atoms with Gasteiger partial charge in [-0.3, -0.25) is 10.1 Å². The predicted octanol–water partition coefficient (Wildman–Crippen LogP) is 3.67. The Balaban J connectivity index is 1.79. The zero-order valence-corrected chi connectivity index (χ0v) is 13.3. The molecule has 1 N–H and O–H groups in total. The van der Waals surface area contributed by atoms with Crippen LogP contribution in [0.3, 0.4) is 0 Å². The highest BCUT2D eigenvalue weighted by Crippen LogP contribution is 2.26. The maximum absolute atomic E-state index is 12.3. The van der Waals surface area contributed by atoms with Crippen molar-refractivity contribution in [1.29, 1.82) is 0 Å². The molecule has 0 aliphatic heterocycles. The Morgan fingerprint density at radius 3 is 2.52 bits per heavy atom. The number of nitrogens with one attached hydrogen (secondary N) is 1. The second-order valence-corrected chi connectivity index (χ2v) is 5.42. The van der Waals surface area contributed by atoms with Gasteiger partial charge in [0.25, 0.3) is 5.91 Å². The summed E-state index contributed by atoms with van der Waals surface area (Å²) in [4.78, 5) is 12.3. The number of ether oxygens (including phenoxy) is 2. The summed E-state index contributed by atoms with van der Waals surface area (Å²) in [6.45, 7) is 0. The van der Waals surface area contributed by atoms with Gasteiger partial charge in [-0.1, -0.05) is 5.16 Å². The molecule has 7 heteroatoms. The third-order valence-corrected chi connectivity index (χ3v) is 3.86. The molecule has 0 spiro atoms. The molecule has 1 aromatic carbocycles. The molecule has 0 bridgehead atoms. The number of hydrogen-bond donors (Lipinski definition) is 1. The van der Waals surface area contributed by atoms with Gasteiger partial charge in [0.15, 0.2) is 0 Å². The molecule has 23 heavy (non-hydrogen) atoms. The summed E-state index contributed by atoms with van der Waals surface area (Å²) in [6, 6.07) is 8.54. The Kier molecular flexibility index (Phi) is 4.29. The highest BCUT2D eigenvalue weighted by molar-refractivity contribution is 7.08. The molecule has 118 valence electrons. The zero-order valence-electron chi connectivity index (χ0n) is 12.5. The van der Waals surface area contributed by atoms with Crippen molar-refractivity contribution in [1.82, 2.24) is 5.16 Å². The van der Waals surface area contributed by atoms with Gasteiger partial charge in [0.1, 0.15) is 17.2 Å². The standard InChI is InChI=1S/C16H14N2O4S/c1-20-12-5-11(6-13(7-12)21-2)16(19)17-15-8-14(18-22-15)10-3-4-23-9-10/h3-9H,1-2H3,(H,17,19). The zero-order chi connectivity index (χ0) is 16.2. The van der Waals surface area contributed by atoms with Crippen LogP contribution in [0.5, 0.6) is 11.5 Å². The van der Waals surface area contributed by atoms with Crippen molar-refractivity contribution in [2.75, 3.05) is 19.5 Å². The summed E-state index contributed by atoms with van der Waals surface area (Å²) in [5.41, 5.74) is 2.02. The third kappa shape index (κ3) is 3.35. The van der Waals surface area contributed by atoms with E-state index in [2.05, 4.69) is 10.5 Å². The lowest BCUT2D eigenvalue weighted by Gasteiger charge is -2.07. The smallest absolute Gasteiger partial charge is 0.258 e. The lowest BCUT2D eigenvalue weighted by molar-refractivity contribution is 0.102. The second kappa shape index (κ2) is 6.53. The first-order chi connectivity index (χ1) is 11.2. The van der Waals surface area contributed by atoms with Gasteiger partial charge in [0.05, 0.1) is 14.2 Å². The molecule has 3 aromatic rings. The van der Waals surface area contributed by atoms with Gasteiger partial charge in [-0.15, -0.1) is 0 Å². The molecule has 2 aromatic heterocycles. The molecule has 3 rings (SSSR count). The Labute approximate surface area is 136 Å². The van der Waals surface area contributed by atoms with E-state index in [-0.39, 0.29) is 11.8 Å². The summed E-state index contributed by atoms with van der Waals surface area (Å²) in [5.74, 6) is 1.00. The van der Waals surface area contributed by atoms with Crippen LogP contribution in [0.25, 0.3) is 11.3 Å². The molecule has 2 heterocycles. The van der Waals surface area contributed by atoms with Crippen LogP contribution in [0, 0.1) is 0 Å². The number of aromatic nitrogens is 1. The van der Waals surface area contributed by atoms with Crippen LogP contribution < -0.4 is 14.8 Å². The van der Waals surface area contributed by atoms with Gasteiger partial charge in [0, 0.05) is 28.6 Å². The molecule has 0 atom stereocenters. The van der Waals surface area contributed by atoms with Gasteiger partial charge < -0.3 is 14.0 Å². The summed E-state index contributed by atoms with van der Waals surface area (Å²) >= 11 is 1.57. The molecule has 0 aliphatic rings. The van der Waals surface area contributed by atoms with Crippen molar-refractivity contribution < 1.29 is 18.8 Å². The van der Waals surface area contributed by atoms with Crippen molar-refractivity contribution in [2.24, 2.45) is 0 Å². The highest BCUT2D eigenvalue weighted by Gasteiger charge is 2.13. The number of carbonyl (C=O) groups excluding carboxylic acids is 1. The first-order valence-corrected chi connectivity index (χ1v) is 7.67. The first-order valence-electron chi connectivity index (χ1n) is 6.73. The van der Waals surface area contributed by atoms with E-state index >= 15 is 0 Å². The number of methoxy groups -OCH3 is 2. The Bertz CT molecular complexity index is 789. The highest BCUT2D eigenvalue weighted by atomic mass is 32.1. The number of hydrogen-bond acceptors (Lipinski definition) is 6. The van der Waals surface area contributed by atoms with Crippen LogP contribution in [0.15, 0.2) is 45.6 Å². The molecule has 0 radical (unpaired) electrons. The molecular formula is C16H14N2O4S. The summed E-state index contributed by atoms with van der Waals surface area (Å²) in [6.07, 6.45) is 0. The predicted molar refractivity (Wildman–Crippen MR) is 87.3 cm³/mol. The van der Waals surface area contributed by atoms with Gasteiger partial charge in [0.2, 0.25) is 5.88 Å². The summed E-state index contributed by atoms with van der Waals surface area (Å²) < 4.78 is 15.5. The largest absolute Gasteiger partial charge is 0.497 e. The lowest BCUT2D eigenvalue weighted by Crippen LogP contribution is -2.11. The van der Waals surface area contributed by atoms with Crippen LogP contribution in [0.2, 0.25) is 0 Å². The van der Waals surface area contributed by atoms with Crippen molar-refractivity contribution in [3.63, 3.8) is 0 Å². The molecule has 0 saturated heterocycles. The van der Waals surface area contributed by atoms with Crippen LogP contribution in [0.4, 0.5) is 5.88 Å². The minimum Gasteiger partial charge on any atom is -0.497 e. The number of carbonyl (C=O) groups is 1. The van der Waals surface area contributed by atoms with Crippen LogP contribution in [0.1, 0.15) is 10.4 Å². The monoisotopic (exact) mass is 330 g/mol. The quantitative estimate of drug-likeness (QED) is 0.772. The maximum Gasteiger partial charge on any atom is 0.258 e. The van der Waals surface area contributed by atoms with Gasteiger partial charge >= 0.3 is 0 Å². The number of anilines is 1. The van der Waals surface area contributed by atoms with E-state index < -0.39 is 0 Å². The molecule has 0 aliphatic carbocycles. The molecule has 6 nitrogen and oxygen atoms in total. The Morgan fingerprint density at radius 1 is 1.17 bits per heavy atom. The van der Waals surface area contributed by atoms with E-state index in [1.807, 2.05) is 16.8 Å². The molecule has 1 amide bonds. The van der Waals surface area contributed by atoms with E-state index in [0.29, 0.717) is 22.8 Å². The average Bonchev–Trinajstić information content (AvgIpc) is 3.25. The number of nitrogens with zero attached hydrogens (tertiary/aromatic N) is 1.